The van der Waals surface area contributed by atoms with E-state index in [2.05, 4.69) is 21.3 Å². The lowest BCUT2D eigenvalue weighted by molar-refractivity contribution is -0.123. The van der Waals surface area contributed by atoms with E-state index in [0.717, 1.165) is 11.1 Å². The number of halogens is 1. The van der Waals surface area contributed by atoms with Crippen LogP contribution in [0.4, 0.5) is 25.4 Å². The Kier molecular flexibility index (Phi) is 13.4. The van der Waals surface area contributed by atoms with Crippen LogP contribution in [0.15, 0.2) is 84.9 Å². The molecule has 4 unspecified atom stereocenters. The van der Waals surface area contributed by atoms with Crippen molar-refractivity contribution in [1.29, 1.82) is 0 Å². The second kappa shape index (κ2) is 18.0. The van der Waals surface area contributed by atoms with Gasteiger partial charge in [-0.1, -0.05) is 60.2 Å². The average molecular weight is 797 g/mol. The fourth-order valence-electron chi connectivity index (χ4n) is 6.13. The summed E-state index contributed by atoms with van der Waals surface area (Å²) in [6, 6.07) is 24.5. The molecule has 13 heteroatoms. The minimum Gasteiger partial charge on any atom is -0.479 e. The van der Waals surface area contributed by atoms with Crippen molar-refractivity contribution in [2.75, 3.05) is 10.6 Å². The van der Waals surface area contributed by atoms with Crippen LogP contribution in [0.2, 0.25) is 0 Å². The lowest BCUT2D eigenvalue weighted by atomic mass is 9.97. The highest BCUT2D eigenvalue weighted by atomic mass is 19.1. The lowest BCUT2D eigenvalue weighted by Gasteiger charge is -2.27. The fourth-order valence-corrected chi connectivity index (χ4v) is 6.13. The van der Waals surface area contributed by atoms with Gasteiger partial charge in [0, 0.05) is 0 Å². The van der Waals surface area contributed by atoms with Crippen LogP contribution in [-0.2, 0) is 31.9 Å². The first-order valence-corrected chi connectivity index (χ1v) is 19.2. The van der Waals surface area contributed by atoms with Gasteiger partial charge in [0.05, 0.1) is 23.5 Å². The Hall–Kier alpha value is -6.11. The number of hydrogen-bond acceptors (Lipinski definition) is 8. The highest BCUT2D eigenvalue weighted by Crippen LogP contribution is 2.35. The number of aryl methyl sites for hydroxylation is 1. The molecule has 0 spiro atoms. The Morgan fingerprint density at radius 2 is 1.14 bits per heavy atom. The fraction of sp³-hybridized carbons (Fsp3) is 0.378. The van der Waals surface area contributed by atoms with E-state index in [1.807, 2.05) is 70.2 Å². The molecule has 0 saturated heterocycles. The van der Waals surface area contributed by atoms with Gasteiger partial charge in [0.25, 0.3) is 11.8 Å². The number of rotatable bonds is 8. The van der Waals surface area contributed by atoms with E-state index < -0.39 is 41.6 Å². The number of amides is 4. The van der Waals surface area contributed by atoms with Crippen molar-refractivity contribution >= 4 is 35.4 Å². The molecule has 4 amide bonds. The first kappa shape index (κ1) is 43.0. The number of fused-ring (bicyclic) bond motifs is 2. The lowest BCUT2D eigenvalue weighted by Crippen LogP contribution is -2.36. The summed E-state index contributed by atoms with van der Waals surface area (Å²) in [5.74, 6) is 0.368. The minimum absolute atomic E-state index is 0.190. The maximum atomic E-state index is 14.2. The summed E-state index contributed by atoms with van der Waals surface area (Å²) < 4.78 is 36.2. The number of nitrogens with one attached hydrogen (secondary N) is 4. The molecule has 2 heterocycles. The Morgan fingerprint density at radius 3 is 1.59 bits per heavy atom. The number of hydrogen-bond donors (Lipinski definition) is 4. The van der Waals surface area contributed by atoms with Crippen LogP contribution in [0, 0.1) is 12.7 Å². The molecule has 308 valence electrons. The summed E-state index contributed by atoms with van der Waals surface area (Å²) in [6.07, 6.45) is -1.40. The molecule has 2 aliphatic rings. The number of carbonyl (C=O) groups is 4. The quantitative estimate of drug-likeness (QED) is 0.138. The summed E-state index contributed by atoms with van der Waals surface area (Å²) in [6.45, 7) is 16.2. The largest absolute Gasteiger partial charge is 0.479 e. The normalized spacial score (nSPS) is 16.9. The molecular weight excluding hydrogens is 744 g/mol. The molecule has 0 bridgehead atoms. The van der Waals surface area contributed by atoms with Crippen molar-refractivity contribution in [3.63, 3.8) is 0 Å². The molecule has 0 aliphatic carbocycles. The van der Waals surface area contributed by atoms with Crippen molar-refractivity contribution in [1.82, 2.24) is 10.6 Å². The van der Waals surface area contributed by atoms with Crippen molar-refractivity contribution in [3.8, 4) is 11.5 Å². The smallest absolute Gasteiger partial charge is 0.408 e. The summed E-state index contributed by atoms with van der Waals surface area (Å²) in [5.41, 5.74) is 4.12. The number of carbonyl (C=O) groups excluding carboxylic acids is 4. The summed E-state index contributed by atoms with van der Waals surface area (Å²) >= 11 is 0. The summed E-state index contributed by atoms with van der Waals surface area (Å²) in [5, 5.41) is 11.4. The number of benzene rings is 4. The standard InChI is InChI=1S/C23H28N2O4.C22H25FN2O4/c1-14-6-8-16(9-7-14)12-18(25-22(27)29-23(3,4)5)17-10-11-20-19(13-17)24-21(26)15(2)28-20;1-13-20(26)24-18-12-15(9-10-19(18)28-13)17(25-21(27)29-22(2,3)4)11-14-7-5-6-8-16(14)23/h6-11,13,15,18H,12H2,1-5H3,(H,24,26)(H,25,27);5-10,12-13,17H,11H2,1-4H3,(H,24,26)(H,25,27). The third kappa shape index (κ3) is 12.2. The SMILES string of the molecule is CC1Oc2ccc(C(Cc3ccccc3F)NC(=O)OC(C)(C)C)cc2NC1=O.Cc1ccc(CC(NC(=O)OC(C)(C)C)c2ccc3c(c2)NC(=O)C(C)O3)cc1. The highest BCUT2D eigenvalue weighted by Gasteiger charge is 2.28. The summed E-state index contributed by atoms with van der Waals surface area (Å²) in [7, 11) is 0. The third-order valence-corrected chi connectivity index (χ3v) is 9.00. The molecule has 4 N–H and O–H groups in total. The zero-order valence-corrected chi connectivity index (χ0v) is 34.5. The van der Waals surface area contributed by atoms with Gasteiger partial charge in [-0.15, -0.1) is 0 Å². The molecule has 0 aromatic heterocycles. The van der Waals surface area contributed by atoms with Gasteiger partial charge in [-0.05, 0) is 128 Å². The molecule has 4 atom stereocenters. The predicted molar refractivity (Wildman–Crippen MR) is 220 cm³/mol. The van der Waals surface area contributed by atoms with E-state index in [1.165, 1.54) is 11.6 Å². The Balaban J connectivity index is 0.000000221. The molecule has 0 saturated carbocycles. The van der Waals surface area contributed by atoms with E-state index in [0.29, 0.717) is 40.4 Å². The summed E-state index contributed by atoms with van der Waals surface area (Å²) in [4.78, 5) is 48.7. The second-order valence-corrected chi connectivity index (χ2v) is 16.4. The van der Waals surface area contributed by atoms with E-state index in [1.54, 1.807) is 71.0 Å². The van der Waals surface area contributed by atoms with Gasteiger partial charge < -0.3 is 40.2 Å². The van der Waals surface area contributed by atoms with Crippen molar-refractivity contribution < 1.29 is 42.5 Å². The maximum Gasteiger partial charge on any atom is 0.408 e. The van der Waals surface area contributed by atoms with E-state index >= 15 is 0 Å². The zero-order chi connectivity index (χ0) is 42.4. The van der Waals surface area contributed by atoms with Gasteiger partial charge >= 0.3 is 12.2 Å². The van der Waals surface area contributed by atoms with E-state index in [9.17, 15) is 23.6 Å². The average Bonchev–Trinajstić information content (AvgIpc) is 3.12. The molecule has 0 radical (unpaired) electrons. The first-order valence-electron chi connectivity index (χ1n) is 19.2. The molecule has 0 fully saturated rings. The Morgan fingerprint density at radius 1 is 0.690 bits per heavy atom. The topological polar surface area (TPSA) is 153 Å². The Labute approximate surface area is 339 Å². The van der Waals surface area contributed by atoms with Crippen molar-refractivity contribution in [2.45, 2.75) is 111 Å². The van der Waals surface area contributed by atoms with Gasteiger partial charge in [-0.2, -0.15) is 0 Å². The van der Waals surface area contributed by atoms with Gasteiger partial charge in [0.1, 0.15) is 28.5 Å². The van der Waals surface area contributed by atoms with Gasteiger partial charge in [-0.3, -0.25) is 9.59 Å². The highest BCUT2D eigenvalue weighted by molar-refractivity contribution is 5.98. The molecule has 4 aromatic rings. The molecule has 12 nitrogen and oxygen atoms in total. The molecule has 58 heavy (non-hydrogen) atoms. The van der Waals surface area contributed by atoms with Crippen molar-refractivity contribution in [2.24, 2.45) is 0 Å². The van der Waals surface area contributed by atoms with E-state index in [-0.39, 0.29) is 30.1 Å². The second-order valence-electron chi connectivity index (χ2n) is 16.4. The minimum atomic E-state index is -0.666. The van der Waals surface area contributed by atoms with Crippen LogP contribution in [0.25, 0.3) is 0 Å². The van der Waals surface area contributed by atoms with Crippen LogP contribution in [0.3, 0.4) is 0 Å². The van der Waals surface area contributed by atoms with Crippen molar-refractivity contribution in [3.05, 3.63) is 119 Å². The number of ether oxygens (including phenoxy) is 4. The zero-order valence-electron chi connectivity index (χ0n) is 34.5. The molecule has 6 rings (SSSR count). The first-order chi connectivity index (χ1) is 27.2. The van der Waals surface area contributed by atoms with Crippen LogP contribution in [0.1, 0.15) is 95.3 Å². The number of anilines is 2. The monoisotopic (exact) mass is 796 g/mol. The van der Waals surface area contributed by atoms with Crippen LogP contribution >= 0.6 is 0 Å². The third-order valence-electron chi connectivity index (χ3n) is 9.00. The molecule has 2 aliphatic heterocycles. The van der Waals surface area contributed by atoms with Crippen LogP contribution < -0.4 is 30.7 Å². The van der Waals surface area contributed by atoms with E-state index in [4.69, 9.17) is 18.9 Å². The Bertz CT molecular complexity index is 2130. The maximum absolute atomic E-state index is 14.2. The number of alkyl carbamates (subject to hydrolysis) is 2. The van der Waals surface area contributed by atoms with Gasteiger partial charge in [-0.25, -0.2) is 14.0 Å². The van der Waals surface area contributed by atoms with Gasteiger partial charge in [0.15, 0.2) is 12.2 Å². The predicted octanol–water partition coefficient (Wildman–Crippen LogP) is 8.88. The van der Waals surface area contributed by atoms with Crippen LogP contribution in [0.5, 0.6) is 11.5 Å². The van der Waals surface area contributed by atoms with Crippen LogP contribution in [-0.4, -0.2) is 47.4 Å². The molecule has 4 aromatic carbocycles. The van der Waals surface area contributed by atoms with Gasteiger partial charge in [0.2, 0.25) is 0 Å². The molecular formula is C45H53FN4O8.